The minimum absolute atomic E-state index is 0.0179. The molecule has 0 N–H and O–H groups in total. The highest BCUT2D eigenvalue weighted by Gasteiger charge is 2.39. The van der Waals surface area contributed by atoms with E-state index in [0.717, 1.165) is 0 Å². The first-order valence-electron chi connectivity index (χ1n) is 4.57. The van der Waals surface area contributed by atoms with Crippen LogP contribution in [0.25, 0.3) is 0 Å². The smallest absolute Gasteiger partial charge is 0.300 e. The van der Waals surface area contributed by atoms with Crippen LogP contribution in [0.15, 0.2) is 0 Å². The minimum atomic E-state index is -4.14. The molecule has 0 aromatic heterocycles. The summed E-state index contributed by atoms with van der Waals surface area (Å²) in [5.41, 5.74) is 0. The monoisotopic (exact) mass is 209 g/mol. The summed E-state index contributed by atoms with van der Waals surface area (Å²) in [5, 5.41) is 0. The van der Waals surface area contributed by atoms with E-state index in [-0.39, 0.29) is 17.7 Å². The van der Waals surface area contributed by atoms with E-state index < -0.39 is 12.7 Å². The molecular formula is C9H14F3NO. The van der Waals surface area contributed by atoms with Gasteiger partial charge in [0.1, 0.15) is 5.78 Å². The Hall–Kier alpha value is -0.580. The van der Waals surface area contributed by atoms with Crippen LogP contribution >= 0.6 is 0 Å². The summed E-state index contributed by atoms with van der Waals surface area (Å²) >= 11 is 0. The second-order valence-corrected chi connectivity index (χ2v) is 3.96. The Morgan fingerprint density at radius 2 is 1.93 bits per heavy atom. The van der Waals surface area contributed by atoms with Crippen molar-refractivity contribution in [2.45, 2.75) is 32.0 Å². The number of ketones is 1. The fourth-order valence-corrected chi connectivity index (χ4v) is 1.69. The van der Waals surface area contributed by atoms with E-state index >= 15 is 0 Å². The molecule has 1 saturated carbocycles. The number of carbonyl (C=O) groups excluding carboxylic acids is 1. The van der Waals surface area contributed by atoms with E-state index in [2.05, 4.69) is 0 Å². The number of Topliss-reactive ketones (excluding diaryl/α,β-unsaturated/α-hetero) is 1. The summed E-state index contributed by atoms with van der Waals surface area (Å²) in [7, 11) is 1.45. The molecule has 0 bridgehead atoms. The first kappa shape index (κ1) is 11.5. The zero-order chi connectivity index (χ0) is 10.9. The number of hydrogen-bond acceptors (Lipinski definition) is 2. The molecule has 0 saturated heterocycles. The summed E-state index contributed by atoms with van der Waals surface area (Å²) in [5.74, 6) is 0.0670. The van der Waals surface area contributed by atoms with Crippen LogP contribution in [-0.2, 0) is 4.79 Å². The van der Waals surface area contributed by atoms with Gasteiger partial charge in [-0.2, -0.15) is 13.2 Å². The minimum Gasteiger partial charge on any atom is -0.300 e. The number of alkyl halides is 3. The predicted octanol–water partition coefficient (Wildman–Crippen LogP) is 1.85. The van der Waals surface area contributed by atoms with Gasteiger partial charge in [-0.1, -0.05) is 0 Å². The highest BCUT2D eigenvalue weighted by molar-refractivity contribution is 5.79. The molecule has 1 aliphatic carbocycles. The Balaban J connectivity index is 2.29. The molecule has 0 aromatic carbocycles. The largest absolute Gasteiger partial charge is 0.401 e. The summed E-state index contributed by atoms with van der Waals surface area (Å²) in [4.78, 5) is 12.1. The van der Waals surface area contributed by atoms with E-state index in [1.165, 1.54) is 18.9 Å². The third-order valence-corrected chi connectivity index (χ3v) is 2.74. The van der Waals surface area contributed by atoms with Gasteiger partial charge in [0, 0.05) is 12.0 Å². The summed E-state index contributed by atoms with van der Waals surface area (Å²) in [6.45, 7) is 0.604. The van der Waals surface area contributed by atoms with Crippen molar-refractivity contribution in [3.05, 3.63) is 0 Å². The highest BCUT2D eigenvalue weighted by Crippen LogP contribution is 2.33. The fraction of sp³-hybridized carbons (Fsp3) is 0.889. The number of halogens is 3. The Bertz CT molecular complexity index is 221. The molecule has 2 nitrogen and oxygen atoms in total. The standard InChI is InChI=1S/C9H14F3NO/c1-6(14)7-3-8(4-7)13(2)5-9(10,11)12/h7-8H,3-5H2,1-2H3. The van der Waals surface area contributed by atoms with Gasteiger partial charge in [0.15, 0.2) is 0 Å². The van der Waals surface area contributed by atoms with Gasteiger partial charge in [0.2, 0.25) is 0 Å². The second kappa shape index (κ2) is 3.88. The number of hydrogen-bond donors (Lipinski definition) is 0. The molecule has 1 aliphatic rings. The summed E-state index contributed by atoms with van der Waals surface area (Å²) in [6, 6.07) is -0.0782. The third-order valence-electron chi connectivity index (χ3n) is 2.74. The first-order valence-corrected chi connectivity index (χ1v) is 4.57. The second-order valence-electron chi connectivity index (χ2n) is 3.96. The van der Waals surface area contributed by atoms with Crippen molar-refractivity contribution < 1.29 is 18.0 Å². The van der Waals surface area contributed by atoms with Gasteiger partial charge < -0.3 is 0 Å². The lowest BCUT2D eigenvalue weighted by atomic mass is 9.77. The van der Waals surface area contributed by atoms with Crippen LogP contribution in [-0.4, -0.2) is 36.5 Å². The zero-order valence-corrected chi connectivity index (χ0v) is 8.27. The molecule has 5 heteroatoms. The van der Waals surface area contributed by atoms with Crippen molar-refractivity contribution in [3.63, 3.8) is 0 Å². The molecule has 82 valence electrons. The van der Waals surface area contributed by atoms with Crippen LogP contribution in [0.5, 0.6) is 0 Å². The molecular weight excluding hydrogens is 195 g/mol. The Kier molecular flexibility index (Phi) is 3.19. The molecule has 0 aromatic rings. The molecule has 0 aliphatic heterocycles. The normalized spacial score (nSPS) is 27.6. The molecule has 1 fully saturated rings. The van der Waals surface area contributed by atoms with E-state index in [9.17, 15) is 18.0 Å². The predicted molar refractivity (Wildman–Crippen MR) is 45.9 cm³/mol. The van der Waals surface area contributed by atoms with Gasteiger partial charge >= 0.3 is 6.18 Å². The lowest BCUT2D eigenvalue weighted by Crippen LogP contribution is -2.47. The number of carbonyl (C=O) groups is 1. The third kappa shape index (κ3) is 2.97. The first-order chi connectivity index (χ1) is 6.29. The van der Waals surface area contributed by atoms with Crippen LogP contribution in [0.3, 0.4) is 0 Å². The van der Waals surface area contributed by atoms with Crippen molar-refractivity contribution in [2.75, 3.05) is 13.6 Å². The summed E-state index contributed by atoms with van der Waals surface area (Å²) < 4.78 is 35.9. The van der Waals surface area contributed by atoms with E-state index in [4.69, 9.17) is 0 Å². The van der Waals surface area contributed by atoms with Gasteiger partial charge in [-0.05, 0) is 26.8 Å². The molecule has 0 heterocycles. The molecule has 14 heavy (non-hydrogen) atoms. The molecule has 0 atom stereocenters. The van der Waals surface area contributed by atoms with Gasteiger partial charge in [0.05, 0.1) is 6.54 Å². The van der Waals surface area contributed by atoms with Crippen molar-refractivity contribution in [2.24, 2.45) is 5.92 Å². The molecule has 0 radical (unpaired) electrons. The maximum Gasteiger partial charge on any atom is 0.401 e. The number of nitrogens with zero attached hydrogens (tertiary/aromatic N) is 1. The van der Waals surface area contributed by atoms with Crippen molar-refractivity contribution in [1.29, 1.82) is 0 Å². The highest BCUT2D eigenvalue weighted by atomic mass is 19.4. The fourth-order valence-electron chi connectivity index (χ4n) is 1.69. The van der Waals surface area contributed by atoms with Gasteiger partial charge in [-0.3, -0.25) is 9.69 Å². The van der Waals surface area contributed by atoms with Crippen LogP contribution in [0, 0.1) is 5.92 Å². The lowest BCUT2D eigenvalue weighted by Gasteiger charge is -2.40. The molecule has 0 spiro atoms. The van der Waals surface area contributed by atoms with Crippen molar-refractivity contribution in [3.8, 4) is 0 Å². The average molecular weight is 209 g/mol. The van der Waals surface area contributed by atoms with Crippen LogP contribution in [0.4, 0.5) is 13.2 Å². The van der Waals surface area contributed by atoms with Crippen LogP contribution in [0.2, 0.25) is 0 Å². The van der Waals surface area contributed by atoms with Crippen molar-refractivity contribution in [1.82, 2.24) is 4.90 Å². The molecule has 0 unspecified atom stereocenters. The maximum absolute atomic E-state index is 12.0. The van der Waals surface area contributed by atoms with E-state index in [1.807, 2.05) is 0 Å². The Morgan fingerprint density at radius 3 is 2.29 bits per heavy atom. The van der Waals surface area contributed by atoms with Gasteiger partial charge in [0.25, 0.3) is 0 Å². The quantitative estimate of drug-likeness (QED) is 0.707. The van der Waals surface area contributed by atoms with Gasteiger partial charge in [-0.25, -0.2) is 0 Å². The van der Waals surface area contributed by atoms with Crippen LogP contribution < -0.4 is 0 Å². The molecule has 1 rings (SSSR count). The van der Waals surface area contributed by atoms with E-state index in [1.54, 1.807) is 0 Å². The lowest BCUT2D eigenvalue weighted by molar-refractivity contribution is -0.153. The zero-order valence-electron chi connectivity index (χ0n) is 8.27. The summed E-state index contributed by atoms with van der Waals surface area (Å²) in [6.07, 6.45) is -3.00. The SMILES string of the molecule is CC(=O)C1CC(N(C)CC(F)(F)F)C1. The topological polar surface area (TPSA) is 20.3 Å². The van der Waals surface area contributed by atoms with Gasteiger partial charge in [-0.15, -0.1) is 0 Å². The maximum atomic E-state index is 12.0. The van der Waals surface area contributed by atoms with Crippen molar-refractivity contribution >= 4 is 5.78 Å². The Morgan fingerprint density at radius 1 is 1.43 bits per heavy atom. The number of rotatable bonds is 3. The Labute approximate surface area is 81.1 Å². The van der Waals surface area contributed by atoms with E-state index in [0.29, 0.717) is 12.8 Å². The average Bonchev–Trinajstić information content (AvgIpc) is 1.75. The molecule has 0 amide bonds. The van der Waals surface area contributed by atoms with Crippen LogP contribution in [0.1, 0.15) is 19.8 Å².